The number of hydrogen-bond donors (Lipinski definition) is 0. The van der Waals surface area contributed by atoms with Gasteiger partial charge in [0, 0.05) is 6.42 Å². The van der Waals surface area contributed by atoms with E-state index in [1.807, 2.05) is 30.3 Å². The minimum atomic E-state index is -0.852. The van der Waals surface area contributed by atoms with Gasteiger partial charge in [0.2, 0.25) is 4.69 Å². The van der Waals surface area contributed by atoms with Gasteiger partial charge in [-0.1, -0.05) is 42.5 Å². The molecule has 5 heteroatoms. The lowest BCUT2D eigenvalue weighted by Gasteiger charge is -2.23. The van der Waals surface area contributed by atoms with Gasteiger partial charge in [0.25, 0.3) is 11.8 Å². The summed E-state index contributed by atoms with van der Waals surface area (Å²) in [4.78, 5) is 37.9. The molecule has 110 valence electrons. The first-order valence-corrected chi connectivity index (χ1v) is 7.59. The first-order chi connectivity index (χ1) is 10.6. The molecule has 0 unspecified atom stereocenters. The Morgan fingerprint density at radius 2 is 1.41 bits per heavy atom. The second kappa shape index (κ2) is 5.85. The molecule has 2 amide bonds. The summed E-state index contributed by atoms with van der Waals surface area (Å²) in [5.41, 5.74) is 1.58. The molecule has 0 N–H and O–H groups in total. The highest BCUT2D eigenvalue weighted by Gasteiger charge is 2.41. The van der Waals surface area contributed by atoms with Crippen molar-refractivity contribution in [3.05, 3.63) is 71.3 Å². The molecule has 0 bridgehead atoms. The third-order valence-electron chi connectivity index (χ3n) is 3.67. The van der Waals surface area contributed by atoms with E-state index in [9.17, 15) is 14.4 Å². The topological polar surface area (TPSA) is 54.5 Å². The van der Waals surface area contributed by atoms with Crippen molar-refractivity contribution in [1.82, 2.24) is 4.90 Å². The minimum Gasteiger partial charge on any atom is -0.284 e. The molecular weight excluding hydrogens is 346 g/mol. The van der Waals surface area contributed by atoms with Crippen LogP contribution in [0.3, 0.4) is 0 Å². The Balaban J connectivity index is 1.95. The molecular formula is C17H12BrNO3. The van der Waals surface area contributed by atoms with Crippen molar-refractivity contribution in [2.45, 2.75) is 12.5 Å². The molecule has 2 aromatic carbocycles. The van der Waals surface area contributed by atoms with Gasteiger partial charge in [-0.15, -0.1) is 0 Å². The van der Waals surface area contributed by atoms with Crippen LogP contribution < -0.4 is 0 Å². The number of halogens is 1. The Morgan fingerprint density at radius 3 is 1.91 bits per heavy atom. The summed E-state index contributed by atoms with van der Waals surface area (Å²) < 4.78 is -0.383. The number of amides is 2. The molecule has 0 saturated heterocycles. The first-order valence-electron chi connectivity index (χ1n) is 6.80. The van der Waals surface area contributed by atoms with E-state index in [-0.39, 0.29) is 11.1 Å². The molecule has 0 spiro atoms. The number of carbonyl (C=O) groups is 3. The van der Waals surface area contributed by atoms with Crippen LogP contribution in [0.4, 0.5) is 0 Å². The van der Waals surface area contributed by atoms with Crippen LogP contribution in [0, 0.1) is 0 Å². The lowest BCUT2D eigenvalue weighted by molar-refractivity contribution is -0.113. The molecule has 0 aromatic heterocycles. The summed E-state index contributed by atoms with van der Waals surface area (Å²) in [7, 11) is 0. The van der Waals surface area contributed by atoms with Crippen molar-refractivity contribution >= 4 is 32.4 Å². The lowest BCUT2D eigenvalue weighted by Crippen LogP contribution is -2.44. The van der Waals surface area contributed by atoms with Gasteiger partial charge in [-0.25, -0.2) is 0 Å². The van der Waals surface area contributed by atoms with Gasteiger partial charge in [0.15, 0.2) is 0 Å². The van der Waals surface area contributed by atoms with Crippen molar-refractivity contribution in [2.75, 3.05) is 0 Å². The van der Waals surface area contributed by atoms with Crippen molar-refractivity contribution in [2.24, 2.45) is 0 Å². The maximum atomic E-state index is 12.5. The zero-order valence-corrected chi connectivity index (χ0v) is 13.1. The Labute approximate surface area is 135 Å². The van der Waals surface area contributed by atoms with E-state index < -0.39 is 17.9 Å². The molecule has 0 radical (unpaired) electrons. The summed E-state index contributed by atoms with van der Waals surface area (Å²) in [6.45, 7) is 0. The zero-order chi connectivity index (χ0) is 15.7. The number of carbonyl (C=O) groups excluding carboxylic acids is 3. The average Bonchev–Trinajstić information content (AvgIpc) is 2.78. The molecule has 1 aliphatic rings. The van der Waals surface area contributed by atoms with Gasteiger partial charge in [0.1, 0.15) is 6.04 Å². The van der Waals surface area contributed by atoms with Crippen LogP contribution in [0.1, 0.15) is 26.3 Å². The van der Waals surface area contributed by atoms with Crippen molar-refractivity contribution in [1.29, 1.82) is 0 Å². The molecule has 1 aliphatic heterocycles. The standard InChI is InChI=1S/C17H12BrNO3/c18-15(20)14(10-11-6-2-1-3-7-11)19-16(21)12-8-4-5-9-13(12)17(19)22/h1-9,14H,10H2/t14-/m0/s1. The van der Waals surface area contributed by atoms with E-state index in [0.717, 1.165) is 10.5 Å². The molecule has 1 atom stereocenters. The van der Waals surface area contributed by atoms with E-state index in [1.165, 1.54) is 0 Å². The van der Waals surface area contributed by atoms with Crippen molar-refractivity contribution < 1.29 is 14.4 Å². The molecule has 0 saturated carbocycles. The van der Waals surface area contributed by atoms with E-state index >= 15 is 0 Å². The predicted molar refractivity (Wildman–Crippen MR) is 84.8 cm³/mol. The highest BCUT2D eigenvalue weighted by molar-refractivity contribution is 9.18. The molecule has 2 aromatic rings. The van der Waals surface area contributed by atoms with E-state index in [0.29, 0.717) is 11.1 Å². The SMILES string of the molecule is O=C(Br)[C@H](Cc1ccccc1)N1C(=O)c2ccccc2C1=O. The summed E-state index contributed by atoms with van der Waals surface area (Å²) >= 11 is 2.92. The van der Waals surface area contributed by atoms with Crippen LogP contribution in [0.2, 0.25) is 0 Å². The van der Waals surface area contributed by atoms with E-state index in [4.69, 9.17) is 0 Å². The first kappa shape index (κ1) is 14.7. The Bertz CT molecular complexity index is 723. The highest BCUT2D eigenvalue weighted by Crippen LogP contribution is 2.27. The van der Waals surface area contributed by atoms with Gasteiger partial charge < -0.3 is 0 Å². The maximum Gasteiger partial charge on any atom is 0.262 e. The summed E-state index contributed by atoms with van der Waals surface area (Å²) in [6, 6.07) is 15.1. The normalized spacial score (nSPS) is 14.9. The summed E-state index contributed by atoms with van der Waals surface area (Å²) in [5, 5.41) is 0. The van der Waals surface area contributed by atoms with Crippen molar-refractivity contribution in [3.8, 4) is 0 Å². The zero-order valence-electron chi connectivity index (χ0n) is 11.5. The highest BCUT2D eigenvalue weighted by atomic mass is 79.9. The van der Waals surface area contributed by atoms with Crippen LogP contribution in [0.15, 0.2) is 54.6 Å². The number of rotatable bonds is 4. The largest absolute Gasteiger partial charge is 0.284 e. The number of imide groups is 1. The molecule has 4 nitrogen and oxygen atoms in total. The van der Waals surface area contributed by atoms with Crippen LogP contribution in [0.5, 0.6) is 0 Å². The Hall–Kier alpha value is -2.27. The van der Waals surface area contributed by atoms with Gasteiger partial charge in [0.05, 0.1) is 11.1 Å². The number of benzene rings is 2. The van der Waals surface area contributed by atoms with Crippen LogP contribution in [-0.2, 0) is 11.2 Å². The van der Waals surface area contributed by atoms with Crippen molar-refractivity contribution in [3.63, 3.8) is 0 Å². The van der Waals surface area contributed by atoms with Gasteiger partial charge in [-0.05, 0) is 33.6 Å². The fraction of sp³-hybridized carbons (Fsp3) is 0.118. The predicted octanol–water partition coefficient (Wildman–Crippen LogP) is 2.82. The van der Waals surface area contributed by atoms with Gasteiger partial charge >= 0.3 is 0 Å². The minimum absolute atomic E-state index is 0.288. The fourth-order valence-corrected chi connectivity index (χ4v) is 2.97. The lowest BCUT2D eigenvalue weighted by atomic mass is 10.1. The number of hydrogen-bond acceptors (Lipinski definition) is 3. The van der Waals surface area contributed by atoms with Gasteiger partial charge in [-0.3, -0.25) is 19.3 Å². The average molecular weight is 358 g/mol. The molecule has 0 aliphatic carbocycles. The smallest absolute Gasteiger partial charge is 0.262 e. The van der Waals surface area contributed by atoms with Crippen LogP contribution in [0.25, 0.3) is 0 Å². The van der Waals surface area contributed by atoms with E-state index in [2.05, 4.69) is 15.9 Å². The van der Waals surface area contributed by atoms with Crippen LogP contribution >= 0.6 is 15.9 Å². The second-order valence-electron chi connectivity index (χ2n) is 5.04. The second-order valence-corrected chi connectivity index (χ2v) is 5.82. The van der Waals surface area contributed by atoms with E-state index in [1.54, 1.807) is 24.3 Å². The number of nitrogens with zero attached hydrogens (tertiary/aromatic N) is 1. The summed E-state index contributed by atoms with van der Waals surface area (Å²) in [5.74, 6) is -0.844. The fourth-order valence-electron chi connectivity index (χ4n) is 2.60. The monoisotopic (exact) mass is 357 g/mol. The third kappa shape index (κ3) is 2.48. The quantitative estimate of drug-likeness (QED) is 0.624. The third-order valence-corrected chi connectivity index (χ3v) is 4.20. The molecule has 0 fully saturated rings. The molecule has 22 heavy (non-hydrogen) atoms. The molecule has 1 heterocycles. The Kier molecular flexibility index (Phi) is 3.90. The van der Waals surface area contributed by atoms with Gasteiger partial charge in [-0.2, -0.15) is 0 Å². The van der Waals surface area contributed by atoms with Crippen LogP contribution in [-0.4, -0.2) is 27.4 Å². The number of fused-ring (bicyclic) bond motifs is 1. The molecule has 3 rings (SSSR count). The maximum absolute atomic E-state index is 12.5. The Morgan fingerprint density at radius 1 is 0.909 bits per heavy atom. The summed E-state index contributed by atoms with van der Waals surface area (Å²) in [6.07, 6.45) is 0.288.